The predicted octanol–water partition coefficient (Wildman–Crippen LogP) is 3.15. The van der Waals surface area contributed by atoms with Gasteiger partial charge in [0, 0.05) is 50.4 Å². The molecule has 146 valence electrons. The van der Waals surface area contributed by atoms with E-state index >= 15 is 0 Å². The van der Waals surface area contributed by atoms with Crippen LogP contribution in [0.3, 0.4) is 0 Å². The Bertz CT molecular complexity index is 972. The molecule has 4 rings (SSSR count). The molecule has 2 aromatic heterocycles. The second kappa shape index (κ2) is 7.59. The number of hydrogen-bond acceptors (Lipinski definition) is 7. The summed E-state index contributed by atoms with van der Waals surface area (Å²) in [5.41, 5.74) is 2.37. The molecular weight excluding hydrogens is 356 g/mol. The molecule has 0 bridgehead atoms. The molecule has 0 spiro atoms. The van der Waals surface area contributed by atoms with E-state index in [0.29, 0.717) is 11.4 Å². The molecule has 1 aromatic carbocycles. The van der Waals surface area contributed by atoms with Crippen molar-refractivity contribution in [1.82, 2.24) is 15.1 Å². The van der Waals surface area contributed by atoms with Crippen molar-refractivity contribution in [2.24, 2.45) is 5.92 Å². The second-order valence-corrected chi connectivity index (χ2v) is 7.29. The van der Waals surface area contributed by atoms with E-state index in [9.17, 15) is 5.11 Å². The summed E-state index contributed by atoms with van der Waals surface area (Å²) in [6, 6.07) is 11.1. The Morgan fingerprint density at radius 2 is 1.96 bits per heavy atom. The number of ether oxygens (including phenoxy) is 1. The van der Waals surface area contributed by atoms with Crippen LogP contribution in [0.4, 0.5) is 5.82 Å². The Labute approximate surface area is 164 Å². The molecular formula is C21H24N4O3. The van der Waals surface area contributed by atoms with Gasteiger partial charge in [0.15, 0.2) is 5.82 Å². The zero-order valence-electron chi connectivity index (χ0n) is 16.3. The maximum Gasteiger partial charge on any atom is 0.165 e. The Kier molecular flexibility index (Phi) is 5.00. The van der Waals surface area contributed by atoms with Gasteiger partial charge in [-0.1, -0.05) is 17.3 Å². The van der Waals surface area contributed by atoms with Gasteiger partial charge in [0.05, 0.1) is 17.4 Å². The van der Waals surface area contributed by atoms with Crippen LogP contribution in [-0.2, 0) is 11.2 Å². The van der Waals surface area contributed by atoms with Crippen molar-refractivity contribution in [3.63, 3.8) is 0 Å². The number of benzene rings is 1. The lowest BCUT2D eigenvalue weighted by atomic mass is 10.0. The van der Waals surface area contributed by atoms with E-state index in [1.54, 1.807) is 19.2 Å². The molecule has 0 aliphatic carbocycles. The summed E-state index contributed by atoms with van der Waals surface area (Å²) in [4.78, 5) is 11.4. The zero-order chi connectivity index (χ0) is 19.7. The van der Waals surface area contributed by atoms with Crippen LogP contribution in [0.15, 0.2) is 40.9 Å². The monoisotopic (exact) mass is 380 g/mol. The fourth-order valence-electron chi connectivity index (χ4n) is 3.76. The van der Waals surface area contributed by atoms with Crippen LogP contribution in [-0.4, -0.2) is 46.5 Å². The highest BCUT2D eigenvalue weighted by molar-refractivity contribution is 5.65. The van der Waals surface area contributed by atoms with Gasteiger partial charge < -0.3 is 19.3 Å². The van der Waals surface area contributed by atoms with Gasteiger partial charge in [0.2, 0.25) is 0 Å². The molecule has 1 saturated heterocycles. The molecule has 3 heterocycles. The van der Waals surface area contributed by atoms with Crippen molar-refractivity contribution < 1.29 is 14.4 Å². The zero-order valence-corrected chi connectivity index (χ0v) is 16.3. The molecule has 0 unspecified atom stereocenters. The highest BCUT2D eigenvalue weighted by atomic mass is 16.5. The summed E-state index contributed by atoms with van der Waals surface area (Å²) >= 11 is 0. The average molecular weight is 380 g/mol. The third-order valence-corrected chi connectivity index (χ3v) is 5.13. The van der Waals surface area contributed by atoms with Crippen molar-refractivity contribution in [2.45, 2.75) is 26.4 Å². The number of aryl methyl sites for hydroxylation is 2. The quantitative estimate of drug-likeness (QED) is 0.728. The smallest absolute Gasteiger partial charge is 0.165 e. The SMILES string of the molecule is CO[C@H]1CN(c2cc(C)nc(-c3ccccc3O)n2)C[C@H]1Cc1cc(C)no1. The van der Waals surface area contributed by atoms with E-state index in [-0.39, 0.29) is 17.8 Å². The molecule has 3 aromatic rings. The molecule has 1 aliphatic heterocycles. The first-order valence-electron chi connectivity index (χ1n) is 9.37. The molecule has 0 saturated carbocycles. The van der Waals surface area contributed by atoms with Crippen LogP contribution >= 0.6 is 0 Å². The number of phenols is 1. The van der Waals surface area contributed by atoms with Gasteiger partial charge in [-0.25, -0.2) is 9.97 Å². The van der Waals surface area contributed by atoms with E-state index < -0.39 is 0 Å². The number of methoxy groups -OCH3 is 1. The summed E-state index contributed by atoms with van der Waals surface area (Å²) in [7, 11) is 1.74. The van der Waals surface area contributed by atoms with Crippen molar-refractivity contribution in [3.05, 3.63) is 53.5 Å². The van der Waals surface area contributed by atoms with Gasteiger partial charge in [0.25, 0.3) is 0 Å². The highest BCUT2D eigenvalue weighted by Crippen LogP contribution is 2.31. The third kappa shape index (κ3) is 3.71. The van der Waals surface area contributed by atoms with E-state index in [1.807, 2.05) is 38.1 Å². The third-order valence-electron chi connectivity index (χ3n) is 5.13. The van der Waals surface area contributed by atoms with Crippen LogP contribution in [0.25, 0.3) is 11.4 Å². The number of aromatic hydroxyl groups is 1. The molecule has 2 atom stereocenters. The standard InChI is InChI=1S/C21H24N4O3/c1-13-9-20(23-21(22-13)17-6-4-5-7-18(17)26)25-11-15(19(12-25)27-3)10-16-8-14(2)24-28-16/h4-9,15,19,26H,10-12H2,1-3H3/t15-,19+/m1/s1. The van der Waals surface area contributed by atoms with Crippen molar-refractivity contribution >= 4 is 5.82 Å². The summed E-state index contributed by atoms with van der Waals surface area (Å²) in [5, 5.41) is 14.1. The van der Waals surface area contributed by atoms with Gasteiger partial charge in [0.1, 0.15) is 17.3 Å². The molecule has 0 amide bonds. The van der Waals surface area contributed by atoms with Gasteiger partial charge in [-0.05, 0) is 26.0 Å². The average Bonchev–Trinajstić information content (AvgIpc) is 3.27. The molecule has 1 fully saturated rings. The van der Waals surface area contributed by atoms with Crippen LogP contribution in [0, 0.1) is 19.8 Å². The fourth-order valence-corrected chi connectivity index (χ4v) is 3.76. The molecule has 1 aliphatic rings. The summed E-state index contributed by atoms with van der Waals surface area (Å²) < 4.78 is 11.1. The number of anilines is 1. The van der Waals surface area contributed by atoms with Gasteiger partial charge in [-0.2, -0.15) is 0 Å². The van der Waals surface area contributed by atoms with Crippen molar-refractivity contribution in [1.29, 1.82) is 0 Å². The van der Waals surface area contributed by atoms with Gasteiger partial charge in [-0.15, -0.1) is 0 Å². The molecule has 28 heavy (non-hydrogen) atoms. The number of aromatic nitrogens is 3. The minimum Gasteiger partial charge on any atom is -0.507 e. The first-order valence-corrected chi connectivity index (χ1v) is 9.37. The van der Waals surface area contributed by atoms with Crippen LogP contribution in [0.1, 0.15) is 17.1 Å². The van der Waals surface area contributed by atoms with Gasteiger partial charge in [-0.3, -0.25) is 0 Å². The van der Waals surface area contributed by atoms with E-state index in [4.69, 9.17) is 14.2 Å². The first-order chi connectivity index (χ1) is 13.5. The first kappa shape index (κ1) is 18.4. The van der Waals surface area contributed by atoms with E-state index in [2.05, 4.69) is 15.0 Å². The normalized spacial score (nSPS) is 19.3. The van der Waals surface area contributed by atoms with E-state index in [0.717, 1.165) is 42.5 Å². The minimum atomic E-state index is 0.0780. The number of para-hydroxylation sites is 1. The molecule has 1 N–H and O–H groups in total. The maximum absolute atomic E-state index is 10.2. The minimum absolute atomic E-state index is 0.0780. The number of nitrogens with zero attached hydrogens (tertiary/aromatic N) is 4. The largest absolute Gasteiger partial charge is 0.507 e. The lowest BCUT2D eigenvalue weighted by molar-refractivity contribution is 0.0813. The van der Waals surface area contributed by atoms with Crippen LogP contribution in [0.5, 0.6) is 5.75 Å². The number of phenolic OH excluding ortho intramolecular Hbond substituents is 1. The fraction of sp³-hybridized carbons (Fsp3) is 0.381. The topological polar surface area (TPSA) is 84.5 Å². The summed E-state index contributed by atoms with van der Waals surface area (Å²) in [6.45, 7) is 5.40. The van der Waals surface area contributed by atoms with Crippen molar-refractivity contribution in [3.8, 4) is 17.1 Å². The molecule has 7 heteroatoms. The summed E-state index contributed by atoms with van der Waals surface area (Å²) in [5.74, 6) is 2.69. The lowest BCUT2D eigenvalue weighted by Gasteiger charge is -2.18. The van der Waals surface area contributed by atoms with Crippen LogP contribution in [0.2, 0.25) is 0 Å². The molecule has 7 nitrogen and oxygen atoms in total. The Morgan fingerprint density at radius 3 is 2.68 bits per heavy atom. The Morgan fingerprint density at radius 1 is 1.14 bits per heavy atom. The number of hydrogen-bond donors (Lipinski definition) is 1. The Balaban J connectivity index is 1.59. The van der Waals surface area contributed by atoms with E-state index in [1.165, 1.54) is 0 Å². The Hall–Kier alpha value is -2.93. The van der Waals surface area contributed by atoms with Crippen molar-refractivity contribution in [2.75, 3.05) is 25.1 Å². The van der Waals surface area contributed by atoms with Crippen LogP contribution < -0.4 is 4.90 Å². The molecule has 0 radical (unpaired) electrons. The predicted molar refractivity (Wildman–Crippen MR) is 105 cm³/mol. The maximum atomic E-state index is 10.2. The van der Waals surface area contributed by atoms with Gasteiger partial charge >= 0.3 is 0 Å². The second-order valence-electron chi connectivity index (χ2n) is 7.29. The number of rotatable bonds is 5. The highest BCUT2D eigenvalue weighted by Gasteiger charge is 2.34. The lowest BCUT2D eigenvalue weighted by Crippen LogP contribution is -2.24. The summed E-state index contributed by atoms with van der Waals surface area (Å²) in [6.07, 6.45) is 0.848.